The maximum Gasteiger partial charge on any atom is 0.364 e. The monoisotopic (exact) mass is 673 g/mol. The van der Waals surface area contributed by atoms with Crippen LogP contribution < -0.4 is 5.32 Å². The molecule has 3 rings (SSSR count). The molecule has 0 unspecified atom stereocenters. The predicted octanol–water partition coefficient (Wildman–Crippen LogP) is -7.01. The van der Waals surface area contributed by atoms with Crippen molar-refractivity contribution >= 4 is 11.9 Å². The number of rotatable bonds is 14. The summed E-state index contributed by atoms with van der Waals surface area (Å²) >= 11 is 0. The Balaban J connectivity index is 1.92. The number of amides is 1. The van der Waals surface area contributed by atoms with Crippen molar-refractivity contribution < 1.29 is 94.2 Å². The molecule has 0 aromatic carbocycles. The van der Waals surface area contributed by atoms with Crippen LogP contribution in [0.3, 0.4) is 0 Å². The Morgan fingerprint density at radius 3 is 2.13 bits per heavy atom. The third-order valence-electron chi connectivity index (χ3n) is 7.83. The average molecular weight is 674 g/mol. The van der Waals surface area contributed by atoms with Crippen molar-refractivity contribution in [1.29, 1.82) is 0 Å². The van der Waals surface area contributed by atoms with Gasteiger partial charge in [0.25, 0.3) is 5.79 Å². The number of aliphatic hydroxyl groups is 10. The van der Waals surface area contributed by atoms with Crippen LogP contribution in [0.2, 0.25) is 0 Å². The van der Waals surface area contributed by atoms with Gasteiger partial charge in [-0.25, -0.2) is 4.79 Å². The summed E-state index contributed by atoms with van der Waals surface area (Å²) in [7, 11) is 0. The van der Waals surface area contributed by atoms with Gasteiger partial charge in [0.05, 0.1) is 38.6 Å². The molecule has 16 atom stereocenters. The van der Waals surface area contributed by atoms with Crippen molar-refractivity contribution in [2.45, 2.75) is 111 Å². The molecule has 12 N–H and O–H groups in total. The van der Waals surface area contributed by atoms with Gasteiger partial charge < -0.3 is 89.9 Å². The van der Waals surface area contributed by atoms with Crippen LogP contribution in [-0.4, -0.2) is 192 Å². The highest BCUT2D eigenvalue weighted by atomic mass is 16.8. The number of hydrogen-bond donors (Lipinski definition) is 12. The first-order valence-corrected chi connectivity index (χ1v) is 14.3. The quantitative estimate of drug-likeness (QED) is 0.0762. The van der Waals surface area contributed by atoms with Crippen molar-refractivity contribution in [3.63, 3.8) is 0 Å². The number of carbonyl (C=O) groups is 2. The lowest BCUT2D eigenvalue weighted by Crippen LogP contribution is -2.70. The Morgan fingerprint density at radius 1 is 0.957 bits per heavy atom. The molecule has 3 aliphatic rings. The molecule has 266 valence electrons. The highest BCUT2D eigenvalue weighted by molar-refractivity contribution is 5.76. The lowest BCUT2D eigenvalue weighted by Gasteiger charge is -2.50. The molecule has 0 radical (unpaired) electrons. The molecule has 46 heavy (non-hydrogen) atoms. The van der Waals surface area contributed by atoms with Gasteiger partial charge in [0, 0.05) is 13.3 Å². The third kappa shape index (κ3) is 8.18. The molecule has 3 heterocycles. The number of aliphatic hydroxyl groups excluding tert-OH is 10. The summed E-state index contributed by atoms with van der Waals surface area (Å²) in [6.07, 6.45) is -25.4. The fourth-order valence-electron chi connectivity index (χ4n) is 5.45. The standard InChI is InChI=1S/C26H43NO19/c1-3-4-41-23-18(37)17(36)20(13(8-30)43-23)44-24-19(38)22(16(35)12(7-29)42-24)46-26(25(39)40)5-10(32)14(27-9(2)31)21(45-26)15(34)11(33)6-28/h3,10-24,28-30,32-38H,1,4-8H2,2H3,(H,27,31)(H,39,40)/t10-,11+,12+,13+,14+,15+,16-,17+,18+,19+,20+,21+,22-,23+,24-,26-/m0/s1. The van der Waals surface area contributed by atoms with Crippen molar-refractivity contribution in [3.05, 3.63) is 12.7 Å². The maximum atomic E-state index is 12.6. The van der Waals surface area contributed by atoms with E-state index in [0.717, 1.165) is 6.92 Å². The molecule has 3 fully saturated rings. The zero-order valence-electron chi connectivity index (χ0n) is 24.7. The van der Waals surface area contributed by atoms with E-state index in [-0.39, 0.29) is 6.61 Å². The molecule has 0 spiro atoms. The average Bonchev–Trinajstić information content (AvgIpc) is 3.02. The predicted molar refractivity (Wildman–Crippen MR) is 144 cm³/mol. The molecular formula is C26H43NO19. The van der Waals surface area contributed by atoms with E-state index in [1.54, 1.807) is 0 Å². The topological polar surface area (TPSA) is 324 Å². The molecule has 3 aliphatic heterocycles. The van der Waals surface area contributed by atoms with Crippen molar-refractivity contribution in [2.24, 2.45) is 0 Å². The number of aliphatic carboxylic acids is 1. The van der Waals surface area contributed by atoms with Crippen LogP contribution in [0.5, 0.6) is 0 Å². The number of hydrogen-bond acceptors (Lipinski definition) is 18. The van der Waals surface area contributed by atoms with E-state index in [2.05, 4.69) is 11.9 Å². The summed E-state index contributed by atoms with van der Waals surface area (Å²) in [6, 6.07) is -1.54. The van der Waals surface area contributed by atoms with Gasteiger partial charge in [0.1, 0.15) is 67.1 Å². The second-order valence-corrected chi connectivity index (χ2v) is 11.1. The van der Waals surface area contributed by atoms with Crippen molar-refractivity contribution in [2.75, 3.05) is 26.4 Å². The first kappa shape index (κ1) is 38.5. The van der Waals surface area contributed by atoms with E-state index in [1.165, 1.54) is 6.08 Å². The lowest BCUT2D eigenvalue weighted by molar-refractivity contribution is -0.386. The van der Waals surface area contributed by atoms with E-state index >= 15 is 0 Å². The molecule has 0 bridgehead atoms. The third-order valence-corrected chi connectivity index (χ3v) is 7.83. The second kappa shape index (κ2) is 16.4. The van der Waals surface area contributed by atoms with Gasteiger partial charge in [0.2, 0.25) is 5.91 Å². The summed E-state index contributed by atoms with van der Waals surface area (Å²) in [5.41, 5.74) is 0. The Hall–Kier alpha value is -1.96. The Morgan fingerprint density at radius 2 is 1.59 bits per heavy atom. The highest BCUT2D eigenvalue weighted by Gasteiger charge is 2.60. The molecule has 20 heteroatoms. The minimum Gasteiger partial charge on any atom is -0.477 e. The lowest BCUT2D eigenvalue weighted by atomic mass is 9.88. The first-order chi connectivity index (χ1) is 21.7. The second-order valence-electron chi connectivity index (χ2n) is 11.1. The molecule has 1 amide bonds. The molecule has 0 aromatic heterocycles. The van der Waals surface area contributed by atoms with E-state index in [1.807, 2.05) is 0 Å². The normalized spacial score (nSPS) is 43.0. The molecule has 3 saturated heterocycles. The van der Waals surface area contributed by atoms with E-state index in [9.17, 15) is 65.8 Å². The minimum atomic E-state index is -3.02. The van der Waals surface area contributed by atoms with Crippen LogP contribution in [0.1, 0.15) is 13.3 Å². The van der Waals surface area contributed by atoms with E-state index < -0.39 is 136 Å². The van der Waals surface area contributed by atoms with Gasteiger partial charge in [0.15, 0.2) is 12.6 Å². The number of carbonyl (C=O) groups excluding carboxylic acids is 1. The van der Waals surface area contributed by atoms with Gasteiger partial charge in [-0.05, 0) is 0 Å². The highest BCUT2D eigenvalue weighted by Crippen LogP contribution is 2.38. The molecule has 20 nitrogen and oxygen atoms in total. The summed E-state index contributed by atoms with van der Waals surface area (Å²) in [6.45, 7) is 1.60. The molecule has 0 aromatic rings. The van der Waals surface area contributed by atoms with Crippen LogP contribution in [-0.2, 0) is 38.0 Å². The van der Waals surface area contributed by atoms with Crippen LogP contribution in [0, 0.1) is 0 Å². The molecule has 0 aliphatic carbocycles. The van der Waals surface area contributed by atoms with Crippen LogP contribution in [0.4, 0.5) is 0 Å². The maximum absolute atomic E-state index is 12.6. The summed E-state index contributed by atoms with van der Waals surface area (Å²) < 4.78 is 32.9. The molecule has 0 saturated carbocycles. The van der Waals surface area contributed by atoms with Crippen LogP contribution in [0.25, 0.3) is 0 Å². The summed E-state index contributed by atoms with van der Waals surface area (Å²) in [5, 5.41) is 116. The van der Waals surface area contributed by atoms with Gasteiger partial charge in [-0.1, -0.05) is 6.08 Å². The van der Waals surface area contributed by atoms with Crippen LogP contribution in [0.15, 0.2) is 12.7 Å². The van der Waals surface area contributed by atoms with Gasteiger partial charge in [-0.3, -0.25) is 4.79 Å². The summed E-state index contributed by atoms with van der Waals surface area (Å²) in [5.74, 6) is -5.72. The number of ether oxygens (including phenoxy) is 6. The fraction of sp³-hybridized carbons (Fsp3) is 0.846. The SMILES string of the molecule is C=CCO[C@@H]1O[C@H](CO)[C@@H](O[C@@H]2O[C@H](CO)[C@H](O)[C@H](O[C@]3(C(=O)O)C[C@H](O)[C@@H](NC(C)=O)[C@H]([C@H](O)[C@H](O)CO)O3)[C@H]2O)[C@H](O)[C@H]1O. The van der Waals surface area contributed by atoms with Gasteiger partial charge in [-0.2, -0.15) is 0 Å². The van der Waals surface area contributed by atoms with Crippen molar-refractivity contribution in [3.8, 4) is 0 Å². The first-order valence-electron chi connectivity index (χ1n) is 14.3. The Kier molecular flexibility index (Phi) is 13.7. The van der Waals surface area contributed by atoms with Gasteiger partial charge in [-0.15, -0.1) is 6.58 Å². The van der Waals surface area contributed by atoms with Crippen LogP contribution >= 0.6 is 0 Å². The van der Waals surface area contributed by atoms with Crippen molar-refractivity contribution in [1.82, 2.24) is 5.32 Å². The minimum absolute atomic E-state index is 0.0951. The molecular weight excluding hydrogens is 630 g/mol. The number of nitrogens with one attached hydrogen (secondary N) is 1. The smallest absolute Gasteiger partial charge is 0.364 e. The zero-order chi connectivity index (χ0) is 34.5. The largest absolute Gasteiger partial charge is 0.477 e. The Bertz CT molecular complexity index is 1020. The van der Waals surface area contributed by atoms with E-state index in [0.29, 0.717) is 0 Å². The zero-order valence-corrected chi connectivity index (χ0v) is 24.7. The summed E-state index contributed by atoms with van der Waals surface area (Å²) in [4.78, 5) is 24.4. The Labute approximate surface area is 261 Å². The number of carboxylic acids is 1. The fourth-order valence-corrected chi connectivity index (χ4v) is 5.45. The van der Waals surface area contributed by atoms with Gasteiger partial charge >= 0.3 is 5.97 Å². The van der Waals surface area contributed by atoms with E-state index in [4.69, 9.17) is 28.4 Å². The number of carboxylic acid groups (broad SMARTS) is 1.